The Morgan fingerprint density at radius 1 is 1.60 bits per heavy atom. The Bertz CT molecular complexity index is 91.6. The van der Waals surface area contributed by atoms with Gasteiger partial charge in [-0.05, 0) is 6.42 Å². The lowest BCUT2D eigenvalue weighted by Crippen LogP contribution is -2.53. The average molecular weight is 143 g/mol. The quantitative estimate of drug-likeness (QED) is 0.560. The van der Waals surface area contributed by atoms with Crippen LogP contribution in [0.2, 0.25) is 0 Å². The zero-order valence-electron chi connectivity index (χ0n) is 6.39. The topological polar surface area (TPSA) is 44.0 Å². The van der Waals surface area contributed by atoms with Gasteiger partial charge in [-0.2, -0.15) is 0 Å². The number of nitrogens with one attached hydrogen (secondary N) is 2. The van der Waals surface area contributed by atoms with Crippen molar-refractivity contribution in [1.29, 1.82) is 0 Å². The third-order valence-electron chi connectivity index (χ3n) is 1.92. The van der Waals surface area contributed by atoms with Crippen LogP contribution in [0.3, 0.4) is 0 Å². The molecule has 2 unspecified atom stereocenters. The van der Waals surface area contributed by atoms with E-state index in [2.05, 4.69) is 10.6 Å². The molecule has 3 heteroatoms. The van der Waals surface area contributed by atoms with Crippen molar-refractivity contribution in [2.45, 2.75) is 25.5 Å². The van der Waals surface area contributed by atoms with Gasteiger partial charge >= 0.3 is 0 Å². The summed E-state index contributed by atoms with van der Waals surface area (Å²) in [7, 11) is 0. The van der Waals surface area contributed by atoms with Gasteiger partial charge in [0.15, 0.2) is 0 Å². The molecular formula is C7H15N2O. The lowest BCUT2D eigenvalue weighted by Gasteiger charge is -2.26. The van der Waals surface area contributed by atoms with Gasteiger partial charge in [-0.25, -0.2) is 5.11 Å². The summed E-state index contributed by atoms with van der Waals surface area (Å²) in [5, 5.41) is 17.5. The summed E-state index contributed by atoms with van der Waals surface area (Å²) < 4.78 is 0. The molecule has 0 bridgehead atoms. The van der Waals surface area contributed by atoms with Crippen LogP contribution in [0, 0.1) is 0 Å². The van der Waals surface area contributed by atoms with E-state index < -0.39 is 6.10 Å². The molecule has 1 saturated heterocycles. The molecule has 0 amide bonds. The third kappa shape index (κ3) is 1.94. The fourth-order valence-corrected chi connectivity index (χ4v) is 1.22. The van der Waals surface area contributed by atoms with E-state index in [-0.39, 0.29) is 6.04 Å². The van der Waals surface area contributed by atoms with Crippen LogP contribution < -0.4 is 10.6 Å². The van der Waals surface area contributed by atoms with Crippen LogP contribution >= 0.6 is 0 Å². The second kappa shape index (κ2) is 3.91. The Labute approximate surface area is 61.8 Å². The first-order valence-electron chi connectivity index (χ1n) is 3.94. The molecular weight excluding hydrogens is 128 g/mol. The average Bonchev–Trinajstić information content (AvgIpc) is 2.05. The maximum Gasteiger partial charge on any atom is 0.109 e. The van der Waals surface area contributed by atoms with Gasteiger partial charge in [-0.1, -0.05) is 6.92 Å². The molecule has 1 heterocycles. The summed E-state index contributed by atoms with van der Waals surface area (Å²) in [5.41, 5.74) is 0. The summed E-state index contributed by atoms with van der Waals surface area (Å²) >= 11 is 0. The molecule has 0 spiro atoms. The summed E-state index contributed by atoms with van der Waals surface area (Å²) in [5.74, 6) is 0. The highest BCUT2D eigenvalue weighted by Gasteiger charge is 2.19. The van der Waals surface area contributed by atoms with Crippen LogP contribution in [0.5, 0.6) is 0 Å². The van der Waals surface area contributed by atoms with Crippen LogP contribution in [-0.2, 0) is 5.11 Å². The largest absolute Gasteiger partial charge is 0.314 e. The van der Waals surface area contributed by atoms with Gasteiger partial charge in [0.25, 0.3) is 0 Å². The molecule has 1 fully saturated rings. The zero-order chi connectivity index (χ0) is 7.40. The van der Waals surface area contributed by atoms with Gasteiger partial charge in [0.05, 0.1) is 0 Å². The fourth-order valence-electron chi connectivity index (χ4n) is 1.22. The summed E-state index contributed by atoms with van der Waals surface area (Å²) in [6.45, 7) is 4.70. The lowest BCUT2D eigenvalue weighted by atomic mass is 10.1. The van der Waals surface area contributed by atoms with Crippen molar-refractivity contribution < 1.29 is 5.11 Å². The summed E-state index contributed by atoms with van der Waals surface area (Å²) in [6.07, 6.45) is 0.284. The van der Waals surface area contributed by atoms with Gasteiger partial charge in [-0.3, -0.25) is 0 Å². The standard InChI is InChI=1S/C7H15N2O/c1-2-7(10)6-5-8-3-4-9-6/h6-9H,2-5H2,1H3. The van der Waals surface area contributed by atoms with E-state index >= 15 is 0 Å². The van der Waals surface area contributed by atoms with Crippen molar-refractivity contribution in [2.75, 3.05) is 19.6 Å². The molecule has 0 aromatic heterocycles. The van der Waals surface area contributed by atoms with Crippen molar-refractivity contribution in [2.24, 2.45) is 0 Å². The van der Waals surface area contributed by atoms with Gasteiger partial charge < -0.3 is 10.6 Å². The summed E-state index contributed by atoms with van der Waals surface area (Å²) in [6, 6.07) is 0.152. The van der Waals surface area contributed by atoms with Crippen molar-refractivity contribution in [3.8, 4) is 0 Å². The second-order valence-electron chi connectivity index (χ2n) is 2.71. The van der Waals surface area contributed by atoms with Crippen LogP contribution in [0.1, 0.15) is 13.3 Å². The molecule has 0 aromatic rings. The van der Waals surface area contributed by atoms with Gasteiger partial charge in [0.1, 0.15) is 6.10 Å². The molecule has 1 rings (SSSR count). The first kappa shape index (κ1) is 7.98. The van der Waals surface area contributed by atoms with Crippen molar-refractivity contribution >= 4 is 0 Å². The van der Waals surface area contributed by atoms with Crippen molar-refractivity contribution in [3.05, 3.63) is 0 Å². The maximum atomic E-state index is 11.1. The highest BCUT2D eigenvalue weighted by Crippen LogP contribution is 1.99. The smallest absolute Gasteiger partial charge is 0.109 e. The van der Waals surface area contributed by atoms with Crippen LogP contribution in [-0.4, -0.2) is 31.8 Å². The van der Waals surface area contributed by atoms with Crippen LogP contribution in [0.4, 0.5) is 0 Å². The molecule has 2 atom stereocenters. The highest BCUT2D eigenvalue weighted by atomic mass is 16.3. The number of piperazine rings is 1. The Morgan fingerprint density at radius 2 is 2.40 bits per heavy atom. The molecule has 0 aromatic carbocycles. The fraction of sp³-hybridized carbons (Fsp3) is 1.00. The molecule has 0 saturated carbocycles. The maximum absolute atomic E-state index is 11.1. The zero-order valence-corrected chi connectivity index (χ0v) is 6.39. The predicted octanol–water partition coefficient (Wildman–Crippen LogP) is -0.243. The summed E-state index contributed by atoms with van der Waals surface area (Å²) in [4.78, 5) is 0. The van der Waals surface area contributed by atoms with E-state index in [9.17, 15) is 5.11 Å². The molecule has 2 N–H and O–H groups in total. The Balaban J connectivity index is 2.24. The molecule has 1 radical (unpaired) electrons. The molecule has 10 heavy (non-hydrogen) atoms. The highest BCUT2D eigenvalue weighted by molar-refractivity contribution is 4.80. The normalized spacial score (nSPS) is 30.0. The second-order valence-corrected chi connectivity index (χ2v) is 2.71. The molecule has 3 nitrogen and oxygen atoms in total. The van der Waals surface area contributed by atoms with Crippen molar-refractivity contribution in [3.63, 3.8) is 0 Å². The van der Waals surface area contributed by atoms with Gasteiger partial charge in [-0.15, -0.1) is 0 Å². The minimum Gasteiger partial charge on any atom is -0.314 e. The molecule has 0 aliphatic carbocycles. The number of rotatable bonds is 2. The lowest BCUT2D eigenvalue weighted by molar-refractivity contribution is 0.0461. The first-order valence-corrected chi connectivity index (χ1v) is 3.94. The first-order chi connectivity index (χ1) is 4.84. The van der Waals surface area contributed by atoms with Gasteiger partial charge in [0, 0.05) is 25.7 Å². The molecule has 1 aliphatic rings. The minimum absolute atomic E-state index is 0.152. The van der Waals surface area contributed by atoms with E-state index in [1.807, 2.05) is 6.92 Å². The monoisotopic (exact) mass is 143 g/mol. The van der Waals surface area contributed by atoms with E-state index in [1.54, 1.807) is 0 Å². The SMILES string of the molecule is CCC([O])C1CNCCN1. The van der Waals surface area contributed by atoms with Crippen molar-refractivity contribution in [1.82, 2.24) is 10.6 Å². The van der Waals surface area contributed by atoms with E-state index in [1.165, 1.54) is 0 Å². The predicted molar refractivity (Wildman–Crippen MR) is 39.4 cm³/mol. The van der Waals surface area contributed by atoms with Gasteiger partial charge in [0.2, 0.25) is 0 Å². The Hall–Kier alpha value is -0.120. The Morgan fingerprint density at radius 3 is 2.90 bits per heavy atom. The molecule has 1 aliphatic heterocycles. The Kier molecular flexibility index (Phi) is 3.12. The van der Waals surface area contributed by atoms with E-state index in [0.29, 0.717) is 0 Å². The van der Waals surface area contributed by atoms with Crippen LogP contribution in [0.25, 0.3) is 0 Å². The van der Waals surface area contributed by atoms with Crippen LogP contribution in [0.15, 0.2) is 0 Å². The number of hydrogen-bond donors (Lipinski definition) is 2. The molecule has 59 valence electrons. The number of hydrogen-bond acceptors (Lipinski definition) is 2. The minimum atomic E-state index is -0.437. The van der Waals surface area contributed by atoms with E-state index in [4.69, 9.17) is 0 Å². The third-order valence-corrected chi connectivity index (χ3v) is 1.92. The van der Waals surface area contributed by atoms with E-state index in [0.717, 1.165) is 26.1 Å².